The van der Waals surface area contributed by atoms with E-state index >= 15 is 0 Å². The number of piperazine rings is 1. The van der Waals surface area contributed by atoms with Crippen molar-refractivity contribution in [3.05, 3.63) is 61.1 Å². The summed E-state index contributed by atoms with van der Waals surface area (Å²) < 4.78 is 12.6. The molecule has 0 radical (unpaired) electrons. The molecule has 32 heavy (non-hydrogen) atoms. The smallest absolute Gasteiger partial charge is 0.162 e. The molecule has 7 nitrogen and oxygen atoms in total. The van der Waals surface area contributed by atoms with Crippen molar-refractivity contribution in [2.45, 2.75) is 0 Å². The Morgan fingerprint density at radius 2 is 1.47 bits per heavy atom. The van der Waals surface area contributed by atoms with E-state index in [2.05, 4.69) is 46.2 Å². The number of nitrogens with zero attached hydrogens (tertiary/aromatic N) is 5. The molecule has 4 aromatic rings. The fourth-order valence-corrected chi connectivity index (χ4v) is 4.12. The van der Waals surface area contributed by atoms with Crippen molar-refractivity contribution in [3.63, 3.8) is 0 Å². The van der Waals surface area contributed by atoms with Crippen molar-refractivity contribution >= 4 is 11.3 Å². The quantitative estimate of drug-likeness (QED) is 0.481. The number of hydrogen-bond donors (Lipinski definition) is 0. The Morgan fingerprint density at radius 3 is 2.12 bits per heavy atom. The fraction of sp³-hybridized carbons (Fsp3) is 0.280. The van der Waals surface area contributed by atoms with Crippen molar-refractivity contribution in [3.8, 4) is 33.8 Å². The molecule has 1 saturated heterocycles. The van der Waals surface area contributed by atoms with Gasteiger partial charge in [0, 0.05) is 61.5 Å². The SMILES string of the molecule is COc1cc(OC)cc(-c2cnc3c(-c4ccc(N5CCN(C)CC5)cc4)cnn3c2)c1. The first kappa shape index (κ1) is 20.3. The lowest BCUT2D eigenvalue weighted by Crippen LogP contribution is -2.44. The summed E-state index contributed by atoms with van der Waals surface area (Å²) in [5.41, 5.74) is 6.13. The molecular formula is C25H27N5O2. The average molecular weight is 430 g/mol. The third kappa shape index (κ3) is 3.87. The van der Waals surface area contributed by atoms with Crippen LogP contribution in [-0.4, -0.2) is 66.9 Å². The van der Waals surface area contributed by atoms with Gasteiger partial charge in [-0.05, 0) is 42.4 Å². The van der Waals surface area contributed by atoms with Crippen LogP contribution in [0.1, 0.15) is 0 Å². The summed E-state index contributed by atoms with van der Waals surface area (Å²) in [6, 6.07) is 14.5. The molecule has 1 fully saturated rings. The number of likely N-dealkylation sites (N-methyl/N-ethyl adjacent to an activating group) is 1. The van der Waals surface area contributed by atoms with E-state index in [0.717, 1.165) is 65.6 Å². The molecule has 0 bridgehead atoms. The van der Waals surface area contributed by atoms with Crippen LogP contribution >= 0.6 is 0 Å². The largest absolute Gasteiger partial charge is 0.497 e. The number of hydrogen-bond acceptors (Lipinski definition) is 6. The predicted molar refractivity (Wildman–Crippen MR) is 127 cm³/mol. The van der Waals surface area contributed by atoms with Crippen LogP contribution in [0, 0.1) is 0 Å². The van der Waals surface area contributed by atoms with Gasteiger partial charge in [-0.3, -0.25) is 0 Å². The van der Waals surface area contributed by atoms with Crippen molar-refractivity contribution in [2.24, 2.45) is 0 Å². The maximum absolute atomic E-state index is 5.40. The molecule has 1 aliphatic heterocycles. The number of rotatable bonds is 5. The van der Waals surface area contributed by atoms with Gasteiger partial charge >= 0.3 is 0 Å². The number of methoxy groups -OCH3 is 2. The van der Waals surface area contributed by atoms with Gasteiger partial charge in [-0.25, -0.2) is 9.50 Å². The van der Waals surface area contributed by atoms with E-state index in [4.69, 9.17) is 14.5 Å². The van der Waals surface area contributed by atoms with Crippen LogP contribution in [0.2, 0.25) is 0 Å². The van der Waals surface area contributed by atoms with Crippen LogP contribution in [0.15, 0.2) is 61.1 Å². The second-order valence-electron chi connectivity index (χ2n) is 8.11. The summed E-state index contributed by atoms with van der Waals surface area (Å²) in [6.45, 7) is 4.32. The summed E-state index contributed by atoms with van der Waals surface area (Å²) >= 11 is 0. The summed E-state index contributed by atoms with van der Waals surface area (Å²) in [7, 11) is 5.47. The van der Waals surface area contributed by atoms with Crippen LogP contribution in [-0.2, 0) is 0 Å². The molecule has 0 N–H and O–H groups in total. The van der Waals surface area contributed by atoms with E-state index in [1.165, 1.54) is 5.69 Å². The van der Waals surface area contributed by atoms with E-state index in [1.807, 2.05) is 41.3 Å². The lowest BCUT2D eigenvalue weighted by Gasteiger charge is -2.34. The van der Waals surface area contributed by atoms with Gasteiger partial charge in [-0.15, -0.1) is 0 Å². The minimum absolute atomic E-state index is 0.737. The maximum atomic E-state index is 5.40. The van der Waals surface area contributed by atoms with Gasteiger partial charge < -0.3 is 19.3 Å². The van der Waals surface area contributed by atoms with Gasteiger partial charge in [0.25, 0.3) is 0 Å². The van der Waals surface area contributed by atoms with Crippen molar-refractivity contribution in [2.75, 3.05) is 52.3 Å². The predicted octanol–water partition coefficient (Wildman–Crippen LogP) is 3.83. The lowest BCUT2D eigenvalue weighted by atomic mass is 10.1. The monoisotopic (exact) mass is 429 g/mol. The average Bonchev–Trinajstić information content (AvgIpc) is 3.27. The van der Waals surface area contributed by atoms with Gasteiger partial charge in [-0.2, -0.15) is 5.10 Å². The first-order valence-electron chi connectivity index (χ1n) is 10.8. The van der Waals surface area contributed by atoms with Crippen LogP contribution in [0.3, 0.4) is 0 Å². The molecule has 2 aromatic carbocycles. The van der Waals surface area contributed by atoms with E-state index in [9.17, 15) is 0 Å². The van der Waals surface area contributed by atoms with Gasteiger partial charge in [-0.1, -0.05) is 12.1 Å². The Morgan fingerprint density at radius 1 is 0.781 bits per heavy atom. The number of benzene rings is 2. The standard InChI is InChI=1S/C25H27N5O2/c1-28-8-10-29(11-9-28)21-6-4-18(5-7-21)24-16-27-30-17-20(15-26-25(24)30)19-12-22(31-2)14-23(13-19)32-3/h4-7,12-17H,8-11H2,1-3H3. The molecule has 0 atom stereocenters. The molecule has 0 unspecified atom stereocenters. The number of aromatic nitrogens is 3. The molecule has 0 aliphatic carbocycles. The molecule has 164 valence electrons. The molecule has 0 amide bonds. The zero-order valence-electron chi connectivity index (χ0n) is 18.7. The maximum Gasteiger partial charge on any atom is 0.162 e. The second-order valence-corrected chi connectivity index (χ2v) is 8.11. The summed E-state index contributed by atoms with van der Waals surface area (Å²) in [6.07, 6.45) is 5.73. The summed E-state index contributed by atoms with van der Waals surface area (Å²) in [5, 5.41) is 4.56. The minimum Gasteiger partial charge on any atom is -0.497 e. The molecule has 3 heterocycles. The normalized spacial score (nSPS) is 14.7. The summed E-state index contributed by atoms with van der Waals surface area (Å²) in [5.74, 6) is 1.47. The van der Waals surface area contributed by atoms with Gasteiger partial charge in [0.15, 0.2) is 5.65 Å². The lowest BCUT2D eigenvalue weighted by molar-refractivity contribution is 0.313. The Bertz CT molecular complexity index is 1200. The van der Waals surface area contributed by atoms with Crippen LogP contribution in [0.25, 0.3) is 27.9 Å². The first-order chi connectivity index (χ1) is 15.6. The zero-order valence-corrected chi connectivity index (χ0v) is 18.7. The van der Waals surface area contributed by atoms with Gasteiger partial charge in [0.05, 0.1) is 20.4 Å². The number of anilines is 1. The molecule has 1 aliphatic rings. The van der Waals surface area contributed by atoms with Crippen LogP contribution in [0.5, 0.6) is 11.5 Å². The Kier molecular flexibility index (Phi) is 5.41. The van der Waals surface area contributed by atoms with Crippen molar-refractivity contribution in [1.29, 1.82) is 0 Å². The van der Waals surface area contributed by atoms with E-state index in [0.29, 0.717) is 0 Å². The van der Waals surface area contributed by atoms with Crippen molar-refractivity contribution in [1.82, 2.24) is 19.5 Å². The van der Waals surface area contributed by atoms with Gasteiger partial charge in [0.1, 0.15) is 11.5 Å². The highest BCUT2D eigenvalue weighted by Crippen LogP contribution is 2.31. The molecule has 2 aromatic heterocycles. The van der Waals surface area contributed by atoms with Gasteiger partial charge in [0.2, 0.25) is 0 Å². The molecule has 5 rings (SSSR count). The van der Waals surface area contributed by atoms with Crippen LogP contribution in [0.4, 0.5) is 5.69 Å². The third-order valence-corrected chi connectivity index (χ3v) is 6.09. The number of ether oxygens (including phenoxy) is 2. The Hall–Kier alpha value is -3.58. The second kappa shape index (κ2) is 8.51. The van der Waals surface area contributed by atoms with Crippen LogP contribution < -0.4 is 14.4 Å². The third-order valence-electron chi connectivity index (χ3n) is 6.09. The first-order valence-corrected chi connectivity index (χ1v) is 10.8. The summed E-state index contributed by atoms with van der Waals surface area (Å²) in [4.78, 5) is 9.53. The van der Waals surface area contributed by atoms with Crippen molar-refractivity contribution < 1.29 is 9.47 Å². The highest BCUT2D eigenvalue weighted by molar-refractivity contribution is 5.79. The highest BCUT2D eigenvalue weighted by Gasteiger charge is 2.15. The molecule has 0 saturated carbocycles. The highest BCUT2D eigenvalue weighted by atomic mass is 16.5. The Labute approximate surface area is 187 Å². The molecular weight excluding hydrogens is 402 g/mol. The fourth-order valence-electron chi connectivity index (χ4n) is 4.12. The minimum atomic E-state index is 0.737. The zero-order chi connectivity index (χ0) is 22.1. The van der Waals surface area contributed by atoms with E-state index in [1.54, 1.807) is 14.2 Å². The number of fused-ring (bicyclic) bond motifs is 1. The van der Waals surface area contributed by atoms with E-state index < -0.39 is 0 Å². The van der Waals surface area contributed by atoms with E-state index in [-0.39, 0.29) is 0 Å². The topological polar surface area (TPSA) is 55.1 Å². The Balaban J connectivity index is 1.43. The molecule has 7 heteroatoms. The molecule has 0 spiro atoms.